The number of aromatic nitrogens is 1. The Hall–Kier alpha value is -3.13. The molecule has 3 rings (SSSR count). The Balaban J connectivity index is 1.80. The summed E-state index contributed by atoms with van der Waals surface area (Å²) in [4.78, 5) is 26.7. The van der Waals surface area contributed by atoms with Crippen LogP contribution in [0.5, 0.6) is 0 Å². The summed E-state index contributed by atoms with van der Waals surface area (Å²) in [5.74, 6) is -0.967. The first-order valence-electron chi connectivity index (χ1n) is 8.21. The molecule has 7 nitrogen and oxygen atoms in total. The van der Waals surface area contributed by atoms with E-state index in [9.17, 15) is 18.0 Å². The van der Waals surface area contributed by atoms with Crippen molar-refractivity contribution in [2.45, 2.75) is 25.7 Å². The maximum atomic E-state index is 12.5. The first kappa shape index (κ1) is 18.7. The maximum Gasteiger partial charge on any atom is 0.264 e. The Kier molecular flexibility index (Phi) is 4.75. The largest absolute Gasteiger partial charge is 0.358 e. The number of aryl methyl sites for hydroxylation is 2. The van der Waals surface area contributed by atoms with Gasteiger partial charge in [-0.1, -0.05) is 0 Å². The lowest BCUT2D eigenvalue weighted by atomic mass is 10.1. The summed E-state index contributed by atoms with van der Waals surface area (Å²) in [5.41, 5.74) is 4.06. The fourth-order valence-corrected chi connectivity index (χ4v) is 3.76. The van der Waals surface area contributed by atoms with Gasteiger partial charge in [-0.25, -0.2) is 13.1 Å². The molecule has 0 aliphatic rings. The van der Waals surface area contributed by atoms with E-state index >= 15 is 0 Å². The zero-order valence-corrected chi connectivity index (χ0v) is 15.9. The van der Waals surface area contributed by atoms with Crippen molar-refractivity contribution in [2.24, 2.45) is 0 Å². The Labute approximate surface area is 156 Å². The minimum Gasteiger partial charge on any atom is -0.358 e. The first-order valence-corrected chi connectivity index (χ1v) is 9.69. The van der Waals surface area contributed by atoms with Gasteiger partial charge in [-0.2, -0.15) is 0 Å². The molecule has 0 fully saturated rings. The lowest BCUT2D eigenvalue weighted by Crippen LogP contribution is -2.28. The molecule has 1 aromatic heterocycles. The standard InChI is InChI=1S/C19H19N3O4S/c1-11-12(2)20-18-9-4-14(10-17(11)18)19(24)21-15-5-7-16(8-6-15)27(25,26)22-13(3)23/h4-10,20H,1-3H3,(H,21,24)(H,22,23). The van der Waals surface area contributed by atoms with E-state index in [0.29, 0.717) is 11.3 Å². The second-order valence-corrected chi connectivity index (χ2v) is 7.96. The average Bonchev–Trinajstić information content (AvgIpc) is 2.88. The smallest absolute Gasteiger partial charge is 0.264 e. The number of sulfonamides is 1. The fourth-order valence-electron chi connectivity index (χ4n) is 2.77. The molecule has 0 saturated heterocycles. The number of carbonyl (C=O) groups is 2. The molecule has 0 atom stereocenters. The molecule has 0 radical (unpaired) electrons. The van der Waals surface area contributed by atoms with Crippen LogP contribution in [0.25, 0.3) is 10.9 Å². The van der Waals surface area contributed by atoms with Crippen molar-refractivity contribution in [1.29, 1.82) is 0 Å². The Bertz CT molecular complexity index is 1150. The number of hydrogen-bond donors (Lipinski definition) is 3. The van der Waals surface area contributed by atoms with Crippen LogP contribution in [0, 0.1) is 13.8 Å². The topological polar surface area (TPSA) is 108 Å². The number of rotatable bonds is 4. The summed E-state index contributed by atoms with van der Waals surface area (Å²) < 4.78 is 25.8. The SMILES string of the molecule is CC(=O)NS(=O)(=O)c1ccc(NC(=O)c2ccc3[nH]c(C)c(C)c3c2)cc1. The summed E-state index contributed by atoms with van der Waals surface area (Å²) >= 11 is 0. The quantitative estimate of drug-likeness (QED) is 0.642. The third-order valence-corrected chi connectivity index (χ3v) is 5.72. The molecular weight excluding hydrogens is 366 g/mol. The van der Waals surface area contributed by atoms with Gasteiger partial charge >= 0.3 is 0 Å². The Morgan fingerprint density at radius 3 is 2.30 bits per heavy atom. The Morgan fingerprint density at radius 2 is 1.67 bits per heavy atom. The second kappa shape index (κ2) is 6.88. The Morgan fingerprint density at radius 1 is 1.00 bits per heavy atom. The third-order valence-electron chi connectivity index (χ3n) is 4.27. The van der Waals surface area contributed by atoms with E-state index in [1.54, 1.807) is 6.07 Å². The van der Waals surface area contributed by atoms with Crippen LogP contribution in [0.3, 0.4) is 0 Å². The molecule has 0 aliphatic carbocycles. The molecule has 0 unspecified atom stereocenters. The number of nitrogens with one attached hydrogen (secondary N) is 3. The molecule has 0 aliphatic heterocycles. The van der Waals surface area contributed by atoms with E-state index in [1.165, 1.54) is 24.3 Å². The number of hydrogen-bond acceptors (Lipinski definition) is 4. The zero-order valence-electron chi connectivity index (χ0n) is 15.1. The highest BCUT2D eigenvalue weighted by Crippen LogP contribution is 2.23. The predicted octanol–water partition coefficient (Wildman–Crippen LogP) is 2.86. The molecule has 0 saturated carbocycles. The molecule has 2 aromatic carbocycles. The number of anilines is 1. The van der Waals surface area contributed by atoms with Gasteiger partial charge in [-0.15, -0.1) is 0 Å². The van der Waals surface area contributed by atoms with Crippen molar-refractivity contribution in [3.63, 3.8) is 0 Å². The lowest BCUT2D eigenvalue weighted by Gasteiger charge is -2.08. The summed E-state index contributed by atoms with van der Waals surface area (Å²) in [6.07, 6.45) is 0. The van der Waals surface area contributed by atoms with Crippen molar-refractivity contribution >= 4 is 38.4 Å². The molecule has 3 N–H and O–H groups in total. The molecule has 140 valence electrons. The minimum atomic E-state index is -3.90. The van der Waals surface area contributed by atoms with Crippen LogP contribution in [0.15, 0.2) is 47.4 Å². The van der Waals surface area contributed by atoms with Crippen molar-refractivity contribution in [1.82, 2.24) is 9.71 Å². The summed E-state index contributed by atoms with van der Waals surface area (Å²) in [7, 11) is -3.90. The number of amides is 2. The first-order chi connectivity index (χ1) is 12.7. The van der Waals surface area contributed by atoms with Crippen molar-refractivity contribution in [3.05, 3.63) is 59.3 Å². The second-order valence-electron chi connectivity index (χ2n) is 6.28. The van der Waals surface area contributed by atoms with Crippen LogP contribution >= 0.6 is 0 Å². The number of benzene rings is 2. The van der Waals surface area contributed by atoms with E-state index < -0.39 is 15.9 Å². The normalized spacial score (nSPS) is 11.4. The highest BCUT2D eigenvalue weighted by atomic mass is 32.2. The van der Waals surface area contributed by atoms with E-state index in [-0.39, 0.29) is 10.8 Å². The summed E-state index contributed by atoms with van der Waals surface area (Å²) in [6, 6.07) is 11.0. The van der Waals surface area contributed by atoms with Gasteiger partial charge in [-0.3, -0.25) is 9.59 Å². The lowest BCUT2D eigenvalue weighted by molar-refractivity contribution is -0.117. The van der Waals surface area contributed by atoms with Gasteiger partial charge in [0.1, 0.15) is 0 Å². The summed E-state index contributed by atoms with van der Waals surface area (Å²) in [6.45, 7) is 5.09. The van der Waals surface area contributed by atoms with Crippen LogP contribution in [-0.2, 0) is 14.8 Å². The van der Waals surface area contributed by atoms with Crippen LogP contribution in [0.4, 0.5) is 5.69 Å². The molecule has 3 aromatic rings. The van der Waals surface area contributed by atoms with Crippen LogP contribution < -0.4 is 10.0 Å². The molecular formula is C19H19N3O4S. The van der Waals surface area contributed by atoms with Gasteiger partial charge < -0.3 is 10.3 Å². The third kappa shape index (κ3) is 3.85. The number of carbonyl (C=O) groups excluding carboxylic acids is 2. The van der Waals surface area contributed by atoms with Crippen molar-refractivity contribution < 1.29 is 18.0 Å². The fraction of sp³-hybridized carbons (Fsp3) is 0.158. The molecule has 2 amide bonds. The van der Waals surface area contributed by atoms with E-state index in [1.807, 2.05) is 30.7 Å². The average molecular weight is 385 g/mol. The zero-order chi connectivity index (χ0) is 19.8. The van der Waals surface area contributed by atoms with Gasteiger partial charge in [0.25, 0.3) is 15.9 Å². The minimum absolute atomic E-state index is 0.0597. The number of fused-ring (bicyclic) bond motifs is 1. The molecule has 27 heavy (non-hydrogen) atoms. The molecule has 8 heteroatoms. The summed E-state index contributed by atoms with van der Waals surface area (Å²) in [5, 5.41) is 3.72. The van der Waals surface area contributed by atoms with E-state index in [0.717, 1.165) is 29.1 Å². The molecule has 1 heterocycles. The van der Waals surface area contributed by atoms with E-state index in [2.05, 4.69) is 10.3 Å². The number of aromatic amines is 1. The van der Waals surface area contributed by atoms with Crippen LogP contribution in [0.2, 0.25) is 0 Å². The monoisotopic (exact) mass is 385 g/mol. The van der Waals surface area contributed by atoms with Crippen LogP contribution in [-0.4, -0.2) is 25.2 Å². The predicted molar refractivity (Wildman–Crippen MR) is 103 cm³/mol. The molecule has 0 bridgehead atoms. The maximum absolute atomic E-state index is 12.5. The highest BCUT2D eigenvalue weighted by molar-refractivity contribution is 7.90. The van der Waals surface area contributed by atoms with Gasteiger partial charge in [0.05, 0.1) is 4.90 Å². The van der Waals surface area contributed by atoms with Crippen LogP contribution in [0.1, 0.15) is 28.5 Å². The van der Waals surface area contributed by atoms with E-state index in [4.69, 9.17) is 0 Å². The van der Waals surface area contributed by atoms with Crippen molar-refractivity contribution in [2.75, 3.05) is 5.32 Å². The van der Waals surface area contributed by atoms with Gasteiger partial charge in [0, 0.05) is 34.8 Å². The molecule has 0 spiro atoms. The van der Waals surface area contributed by atoms with Gasteiger partial charge in [-0.05, 0) is 61.9 Å². The van der Waals surface area contributed by atoms with Crippen molar-refractivity contribution in [3.8, 4) is 0 Å². The van der Waals surface area contributed by atoms with Gasteiger partial charge in [0.2, 0.25) is 5.91 Å². The number of H-pyrrole nitrogens is 1. The highest BCUT2D eigenvalue weighted by Gasteiger charge is 2.16. The van der Waals surface area contributed by atoms with Gasteiger partial charge in [0.15, 0.2) is 0 Å².